The van der Waals surface area contributed by atoms with E-state index >= 15 is 0 Å². The van der Waals surface area contributed by atoms with Gasteiger partial charge in [0.25, 0.3) is 0 Å². The Labute approximate surface area is 106 Å². The molecule has 4 amide bonds. The summed E-state index contributed by atoms with van der Waals surface area (Å²) >= 11 is 0. The van der Waals surface area contributed by atoms with Gasteiger partial charge in [-0.2, -0.15) is 0 Å². The molecule has 2 atom stereocenters. The molecule has 0 rings (SSSR count). The number of hydrogen-bond donors (Lipinski definition) is 5. The predicted octanol–water partition coefficient (Wildman–Crippen LogP) is -1.99. The average molecular weight is 259 g/mol. The number of nitrogens with one attached hydrogen (secondary N) is 3. The largest absolute Gasteiger partial charge is 0.357 e. The molecule has 0 aromatic carbocycles. The molecule has 0 radical (unpaired) electrons. The van der Waals surface area contributed by atoms with E-state index < -0.39 is 24.0 Å². The van der Waals surface area contributed by atoms with Crippen LogP contribution in [0, 0.1) is 0 Å². The highest BCUT2D eigenvalue weighted by molar-refractivity contribution is 5.89. The van der Waals surface area contributed by atoms with Gasteiger partial charge in [-0.3, -0.25) is 9.59 Å². The Hall–Kier alpha value is -1.83. The quantitative estimate of drug-likeness (QED) is 0.338. The monoisotopic (exact) mass is 259 g/mol. The number of primary amides is 1. The zero-order valence-corrected chi connectivity index (χ0v) is 10.7. The molecule has 18 heavy (non-hydrogen) atoms. The van der Waals surface area contributed by atoms with E-state index in [1.54, 1.807) is 0 Å². The number of hydrogen-bond acceptors (Lipinski definition) is 4. The normalized spacial score (nSPS) is 13.3. The van der Waals surface area contributed by atoms with Gasteiger partial charge in [0.2, 0.25) is 11.8 Å². The van der Waals surface area contributed by atoms with Gasteiger partial charge in [-0.15, -0.1) is 0 Å². The lowest BCUT2D eigenvalue weighted by Crippen LogP contribution is -2.50. The number of urea groups is 1. The van der Waals surface area contributed by atoms with Crippen molar-refractivity contribution in [3.8, 4) is 0 Å². The van der Waals surface area contributed by atoms with Crippen molar-refractivity contribution in [3.05, 3.63) is 0 Å². The van der Waals surface area contributed by atoms with Crippen LogP contribution in [0.1, 0.15) is 19.8 Å². The second kappa shape index (κ2) is 8.29. The third kappa shape index (κ3) is 6.69. The van der Waals surface area contributed by atoms with Crippen LogP contribution in [-0.2, 0) is 9.59 Å². The van der Waals surface area contributed by atoms with Crippen LogP contribution in [0.3, 0.4) is 0 Å². The van der Waals surface area contributed by atoms with E-state index in [1.165, 1.54) is 14.0 Å². The standard InChI is InChI=1S/C10H21N5O3/c1-6(11)8(16)15-7(9(17)13-2)4-3-5-14-10(12)18/h6-7H,3-5,11H2,1-2H3,(H,13,17)(H,15,16)(H3,12,14,18)/t6-,7-/m0/s1. The van der Waals surface area contributed by atoms with Gasteiger partial charge in [-0.1, -0.05) is 0 Å². The molecule has 0 bridgehead atoms. The van der Waals surface area contributed by atoms with E-state index in [4.69, 9.17) is 11.5 Å². The summed E-state index contributed by atoms with van der Waals surface area (Å²) in [6.45, 7) is 1.88. The minimum Gasteiger partial charge on any atom is -0.357 e. The van der Waals surface area contributed by atoms with Crippen LogP contribution < -0.4 is 27.4 Å². The van der Waals surface area contributed by atoms with Crippen molar-refractivity contribution in [2.24, 2.45) is 11.5 Å². The highest BCUT2D eigenvalue weighted by atomic mass is 16.2. The zero-order chi connectivity index (χ0) is 14.1. The molecule has 0 aromatic heterocycles. The van der Waals surface area contributed by atoms with Crippen LogP contribution >= 0.6 is 0 Å². The summed E-state index contributed by atoms with van der Waals surface area (Å²) in [7, 11) is 1.48. The third-order valence-electron chi connectivity index (χ3n) is 2.26. The molecule has 0 saturated carbocycles. The first kappa shape index (κ1) is 16.2. The molecule has 0 heterocycles. The van der Waals surface area contributed by atoms with Crippen molar-refractivity contribution in [1.29, 1.82) is 0 Å². The van der Waals surface area contributed by atoms with E-state index in [1.807, 2.05) is 0 Å². The zero-order valence-electron chi connectivity index (χ0n) is 10.7. The Morgan fingerprint density at radius 3 is 2.28 bits per heavy atom. The molecule has 0 saturated heterocycles. The van der Waals surface area contributed by atoms with Crippen molar-refractivity contribution in [3.63, 3.8) is 0 Å². The first-order valence-corrected chi connectivity index (χ1v) is 5.69. The number of rotatable bonds is 7. The molecule has 0 unspecified atom stereocenters. The average Bonchev–Trinajstić information content (AvgIpc) is 2.31. The molecule has 8 nitrogen and oxygen atoms in total. The first-order valence-electron chi connectivity index (χ1n) is 5.69. The lowest BCUT2D eigenvalue weighted by molar-refractivity contribution is -0.129. The fourth-order valence-electron chi connectivity index (χ4n) is 1.26. The molecular formula is C10H21N5O3. The predicted molar refractivity (Wildman–Crippen MR) is 66.5 cm³/mol. The minimum atomic E-state index is -0.680. The van der Waals surface area contributed by atoms with E-state index in [2.05, 4.69) is 16.0 Å². The van der Waals surface area contributed by atoms with Crippen LogP contribution in [0.5, 0.6) is 0 Å². The Morgan fingerprint density at radius 2 is 1.83 bits per heavy atom. The lowest BCUT2D eigenvalue weighted by Gasteiger charge is -2.18. The van der Waals surface area contributed by atoms with E-state index in [0.29, 0.717) is 19.4 Å². The summed E-state index contributed by atoms with van der Waals surface area (Å²) in [5.41, 5.74) is 10.3. The van der Waals surface area contributed by atoms with Crippen LogP contribution in [0.25, 0.3) is 0 Å². The van der Waals surface area contributed by atoms with E-state index in [0.717, 1.165) is 0 Å². The summed E-state index contributed by atoms with van der Waals surface area (Å²) in [4.78, 5) is 33.4. The molecule has 104 valence electrons. The Kier molecular flexibility index (Phi) is 7.45. The van der Waals surface area contributed by atoms with Crippen molar-refractivity contribution in [2.75, 3.05) is 13.6 Å². The van der Waals surface area contributed by atoms with Gasteiger partial charge >= 0.3 is 6.03 Å². The number of likely N-dealkylation sites (N-methyl/N-ethyl adjacent to an activating group) is 1. The lowest BCUT2D eigenvalue weighted by atomic mass is 10.1. The molecule has 0 aliphatic carbocycles. The number of carbonyl (C=O) groups excluding carboxylic acids is 3. The van der Waals surface area contributed by atoms with Crippen molar-refractivity contribution < 1.29 is 14.4 Å². The smallest absolute Gasteiger partial charge is 0.312 e. The summed E-state index contributed by atoms with van der Waals surface area (Å²) in [6.07, 6.45) is 0.901. The summed E-state index contributed by atoms with van der Waals surface area (Å²) in [5, 5.41) is 7.39. The fourth-order valence-corrected chi connectivity index (χ4v) is 1.26. The van der Waals surface area contributed by atoms with Gasteiger partial charge in [0.15, 0.2) is 0 Å². The number of nitrogens with two attached hydrogens (primary N) is 2. The van der Waals surface area contributed by atoms with Crippen molar-refractivity contribution in [2.45, 2.75) is 31.8 Å². The highest BCUT2D eigenvalue weighted by Crippen LogP contribution is 1.97. The number of amides is 4. The number of carbonyl (C=O) groups is 3. The van der Waals surface area contributed by atoms with Crippen LogP contribution in [0.2, 0.25) is 0 Å². The molecule has 7 N–H and O–H groups in total. The summed E-state index contributed by atoms with van der Waals surface area (Å²) in [5.74, 6) is -0.700. The van der Waals surface area contributed by atoms with Crippen molar-refractivity contribution in [1.82, 2.24) is 16.0 Å². The minimum absolute atomic E-state index is 0.303. The Balaban J connectivity index is 4.20. The van der Waals surface area contributed by atoms with E-state index in [-0.39, 0.29) is 5.91 Å². The molecule has 0 fully saturated rings. The molecular weight excluding hydrogens is 238 g/mol. The Morgan fingerprint density at radius 1 is 1.22 bits per heavy atom. The highest BCUT2D eigenvalue weighted by Gasteiger charge is 2.20. The molecule has 8 heteroatoms. The van der Waals surface area contributed by atoms with Gasteiger partial charge in [-0.25, -0.2) is 4.79 Å². The second-order valence-corrected chi connectivity index (χ2v) is 3.90. The second-order valence-electron chi connectivity index (χ2n) is 3.90. The van der Waals surface area contributed by atoms with Crippen LogP contribution in [-0.4, -0.2) is 43.5 Å². The van der Waals surface area contributed by atoms with Crippen molar-refractivity contribution >= 4 is 17.8 Å². The van der Waals surface area contributed by atoms with Crippen LogP contribution in [0.4, 0.5) is 4.79 Å². The maximum atomic E-state index is 11.5. The van der Waals surface area contributed by atoms with Crippen LogP contribution in [0.15, 0.2) is 0 Å². The van der Waals surface area contributed by atoms with Gasteiger partial charge in [0.05, 0.1) is 6.04 Å². The molecule has 0 aliphatic rings. The summed E-state index contributed by atoms with van der Waals surface area (Å²) < 4.78 is 0. The van der Waals surface area contributed by atoms with Gasteiger partial charge in [0, 0.05) is 13.6 Å². The summed E-state index contributed by atoms with van der Waals surface area (Å²) in [6, 6.07) is -1.96. The maximum Gasteiger partial charge on any atom is 0.312 e. The van der Waals surface area contributed by atoms with E-state index in [9.17, 15) is 14.4 Å². The first-order chi connectivity index (χ1) is 8.38. The molecule has 0 aliphatic heterocycles. The topological polar surface area (TPSA) is 139 Å². The molecule has 0 spiro atoms. The van der Waals surface area contributed by atoms with Gasteiger partial charge in [-0.05, 0) is 19.8 Å². The Bertz CT molecular complexity index is 306. The SMILES string of the molecule is CNC(=O)[C@H](CCCNC(N)=O)NC(=O)[C@H](C)N. The molecule has 0 aromatic rings. The van der Waals surface area contributed by atoms with Gasteiger partial charge in [0.1, 0.15) is 6.04 Å². The third-order valence-corrected chi connectivity index (χ3v) is 2.26. The maximum absolute atomic E-state index is 11.5. The fraction of sp³-hybridized carbons (Fsp3) is 0.700. The van der Waals surface area contributed by atoms with Gasteiger partial charge < -0.3 is 27.4 Å².